The van der Waals surface area contributed by atoms with Gasteiger partial charge in [0.15, 0.2) is 0 Å². The van der Waals surface area contributed by atoms with E-state index in [1.165, 1.54) is 30.4 Å². The molecule has 108 valence electrons. The number of sulfonamides is 1. The molecule has 0 aromatic carbocycles. The Hall–Kier alpha value is -1.15. The van der Waals surface area contributed by atoms with E-state index in [0.29, 0.717) is 16.7 Å². The Kier molecular flexibility index (Phi) is 3.93. The molecule has 0 aliphatic heterocycles. The average Bonchev–Trinajstić information content (AvgIpc) is 2.94. The molecule has 2 heterocycles. The molecule has 0 spiro atoms. The number of furan rings is 1. The lowest BCUT2D eigenvalue weighted by molar-refractivity contribution is 0.498. The minimum atomic E-state index is -3.47. The zero-order chi connectivity index (χ0) is 14.0. The average molecular weight is 312 g/mol. The third-order valence-corrected chi connectivity index (χ3v) is 5.57. The minimum Gasteiger partial charge on any atom is -0.468 e. The number of rotatable bonds is 7. The second kappa shape index (κ2) is 5.69. The van der Waals surface area contributed by atoms with Crippen molar-refractivity contribution in [2.75, 3.05) is 0 Å². The van der Waals surface area contributed by atoms with E-state index >= 15 is 0 Å². The molecule has 0 atom stereocenters. The molecule has 2 N–H and O–H groups in total. The molecular weight excluding hydrogens is 296 g/mol. The Morgan fingerprint density at radius 2 is 2.20 bits per heavy atom. The van der Waals surface area contributed by atoms with E-state index in [1.54, 1.807) is 23.6 Å². The molecule has 7 heteroatoms. The molecule has 20 heavy (non-hydrogen) atoms. The second-order valence-corrected chi connectivity index (χ2v) is 7.57. The van der Waals surface area contributed by atoms with Gasteiger partial charge in [-0.1, -0.05) is 0 Å². The van der Waals surface area contributed by atoms with Crippen LogP contribution in [0.5, 0.6) is 0 Å². The highest BCUT2D eigenvalue weighted by molar-refractivity contribution is 7.89. The van der Waals surface area contributed by atoms with Crippen LogP contribution in [0.1, 0.15) is 23.5 Å². The number of nitrogens with one attached hydrogen (secondary N) is 2. The van der Waals surface area contributed by atoms with Gasteiger partial charge in [0, 0.05) is 22.8 Å². The summed E-state index contributed by atoms with van der Waals surface area (Å²) in [5.41, 5.74) is 0. The SMILES string of the molecule is O=S(=O)(NCc1ccco1)c1csc(CNC2CC2)c1. The maximum absolute atomic E-state index is 12.1. The Morgan fingerprint density at radius 1 is 1.35 bits per heavy atom. The predicted octanol–water partition coefficient (Wildman–Crippen LogP) is 2.07. The summed E-state index contributed by atoms with van der Waals surface area (Å²) in [6, 6.07) is 5.82. The maximum atomic E-state index is 12.1. The molecular formula is C13H16N2O3S2. The van der Waals surface area contributed by atoms with Crippen LogP contribution in [0.4, 0.5) is 0 Å². The van der Waals surface area contributed by atoms with E-state index in [0.717, 1.165) is 11.4 Å². The lowest BCUT2D eigenvalue weighted by Crippen LogP contribution is -2.22. The minimum absolute atomic E-state index is 0.167. The lowest BCUT2D eigenvalue weighted by Gasteiger charge is -2.02. The number of hydrogen-bond donors (Lipinski definition) is 2. The first kappa shape index (κ1) is 13.8. The van der Waals surface area contributed by atoms with E-state index in [-0.39, 0.29) is 6.54 Å². The zero-order valence-electron chi connectivity index (χ0n) is 10.8. The van der Waals surface area contributed by atoms with Crippen LogP contribution in [0.2, 0.25) is 0 Å². The van der Waals surface area contributed by atoms with Crippen molar-refractivity contribution in [3.8, 4) is 0 Å². The fourth-order valence-electron chi connectivity index (χ4n) is 1.79. The summed E-state index contributed by atoms with van der Waals surface area (Å²) in [5, 5.41) is 5.05. The zero-order valence-corrected chi connectivity index (χ0v) is 12.5. The van der Waals surface area contributed by atoms with Crippen LogP contribution in [0.15, 0.2) is 39.2 Å². The molecule has 1 fully saturated rings. The fourth-order valence-corrected chi connectivity index (χ4v) is 4.01. The van der Waals surface area contributed by atoms with Crippen molar-refractivity contribution >= 4 is 21.4 Å². The normalized spacial score (nSPS) is 15.6. The molecule has 1 aliphatic rings. The molecule has 0 radical (unpaired) electrons. The van der Waals surface area contributed by atoms with E-state index in [2.05, 4.69) is 10.0 Å². The summed E-state index contributed by atoms with van der Waals surface area (Å²) < 4.78 is 31.9. The molecule has 2 aromatic heterocycles. The molecule has 1 saturated carbocycles. The number of thiophene rings is 1. The van der Waals surface area contributed by atoms with Gasteiger partial charge in [0.25, 0.3) is 0 Å². The van der Waals surface area contributed by atoms with Gasteiger partial charge >= 0.3 is 0 Å². The summed E-state index contributed by atoms with van der Waals surface area (Å²) in [7, 11) is -3.47. The number of hydrogen-bond acceptors (Lipinski definition) is 5. The van der Waals surface area contributed by atoms with E-state index < -0.39 is 10.0 Å². The third kappa shape index (κ3) is 3.49. The first-order valence-electron chi connectivity index (χ1n) is 6.46. The van der Waals surface area contributed by atoms with Gasteiger partial charge in [-0.15, -0.1) is 11.3 Å². The first-order valence-corrected chi connectivity index (χ1v) is 8.82. The van der Waals surface area contributed by atoms with Crippen LogP contribution in [0, 0.1) is 0 Å². The van der Waals surface area contributed by atoms with E-state index in [1.807, 2.05) is 0 Å². The summed E-state index contributed by atoms with van der Waals surface area (Å²) in [4.78, 5) is 1.36. The summed E-state index contributed by atoms with van der Waals surface area (Å²) in [6.07, 6.45) is 3.97. The third-order valence-electron chi connectivity index (χ3n) is 3.10. The van der Waals surface area contributed by atoms with Crippen LogP contribution in [-0.2, 0) is 23.1 Å². The Bertz CT molecular complexity index is 658. The van der Waals surface area contributed by atoms with Gasteiger partial charge in [-0.2, -0.15) is 0 Å². The van der Waals surface area contributed by atoms with Crippen LogP contribution < -0.4 is 10.0 Å². The quantitative estimate of drug-likeness (QED) is 0.821. The van der Waals surface area contributed by atoms with Crippen LogP contribution in [-0.4, -0.2) is 14.5 Å². The van der Waals surface area contributed by atoms with Crippen molar-refractivity contribution in [3.63, 3.8) is 0 Å². The predicted molar refractivity (Wildman–Crippen MR) is 76.9 cm³/mol. The Morgan fingerprint density at radius 3 is 2.90 bits per heavy atom. The van der Waals surface area contributed by atoms with Crippen molar-refractivity contribution in [2.45, 2.75) is 36.9 Å². The Balaban J connectivity index is 1.61. The lowest BCUT2D eigenvalue weighted by atomic mass is 10.4. The summed E-state index contributed by atoms with van der Waals surface area (Å²) >= 11 is 1.46. The van der Waals surface area contributed by atoms with E-state index in [4.69, 9.17) is 4.42 Å². The second-order valence-electron chi connectivity index (χ2n) is 4.81. The molecule has 0 saturated heterocycles. The largest absolute Gasteiger partial charge is 0.468 e. The van der Waals surface area contributed by atoms with Crippen molar-refractivity contribution in [1.82, 2.24) is 10.0 Å². The van der Waals surface area contributed by atoms with Gasteiger partial charge in [0.05, 0.1) is 17.7 Å². The summed E-state index contributed by atoms with van der Waals surface area (Å²) in [5.74, 6) is 0.597. The van der Waals surface area contributed by atoms with Gasteiger partial charge in [-0.05, 0) is 31.0 Å². The standard InChI is InChI=1S/C13H16N2O3S2/c16-20(17,15-7-11-2-1-5-18-11)13-6-12(19-9-13)8-14-10-3-4-10/h1-2,5-6,9-10,14-15H,3-4,7-8H2. The molecule has 0 amide bonds. The highest BCUT2D eigenvalue weighted by Crippen LogP contribution is 2.23. The first-order chi connectivity index (χ1) is 9.63. The van der Waals surface area contributed by atoms with Crippen LogP contribution in [0.25, 0.3) is 0 Å². The highest BCUT2D eigenvalue weighted by atomic mass is 32.2. The fraction of sp³-hybridized carbons (Fsp3) is 0.385. The van der Waals surface area contributed by atoms with Crippen molar-refractivity contribution < 1.29 is 12.8 Å². The molecule has 0 bridgehead atoms. The smallest absolute Gasteiger partial charge is 0.241 e. The highest BCUT2D eigenvalue weighted by Gasteiger charge is 2.21. The summed E-state index contributed by atoms with van der Waals surface area (Å²) in [6.45, 7) is 0.907. The van der Waals surface area contributed by atoms with Gasteiger partial charge < -0.3 is 9.73 Å². The van der Waals surface area contributed by atoms with Gasteiger partial charge in [-0.25, -0.2) is 13.1 Å². The van der Waals surface area contributed by atoms with Gasteiger partial charge in [-0.3, -0.25) is 0 Å². The van der Waals surface area contributed by atoms with Gasteiger partial charge in [0.1, 0.15) is 5.76 Å². The van der Waals surface area contributed by atoms with Crippen LogP contribution in [0.3, 0.4) is 0 Å². The van der Waals surface area contributed by atoms with Crippen LogP contribution >= 0.6 is 11.3 Å². The van der Waals surface area contributed by atoms with E-state index in [9.17, 15) is 8.42 Å². The van der Waals surface area contributed by atoms with Gasteiger partial charge in [0.2, 0.25) is 10.0 Å². The topological polar surface area (TPSA) is 71.3 Å². The Labute approximate surface area is 122 Å². The molecule has 3 rings (SSSR count). The maximum Gasteiger partial charge on any atom is 0.241 e. The molecule has 1 aliphatic carbocycles. The molecule has 0 unspecified atom stereocenters. The van der Waals surface area contributed by atoms with Crippen molar-refractivity contribution in [1.29, 1.82) is 0 Å². The monoisotopic (exact) mass is 312 g/mol. The molecule has 2 aromatic rings. The van der Waals surface area contributed by atoms with Crippen molar-refractivity contribution in [3.05, 3.63) is 40.5 Å². The van der Waals surface area contributed by atoms with Crippen molar-refractivity contribution in [2.24, 2.45) is 0 Å². The molecule has 5 nitrogen and oxygen atoms in total.